The second-order valence-corrected chi connectivity index (χ2v) is 9.59. The molecule has 0 aromatic heterocycles. The van der Waals surface area contributed by atoms with Gasteiger partial charge < -0.3 is 37.5 Å². The summed E-state index contributed by atoms with van der Waals surface area (Å²) in [6, 6.07) is 24.5. The number of amides is 3. The van der Waals surface area contributed by atoms with Crippen molar-refractivity contribution in [3.05, 3.63) is 96.1 Å². The van der Waals surface area contributed by atoms with Crippen molar-refractivity contribution in [3.8, 4) is 11.5 Å². The second kappa shape index (κ2) is 16.8. The van der Waals surface area contributed by atoms with Gasteiger partial charge in [-0.2, -0.15) is 0 Å². The molecular formula is C31H40N6O4. The molecule has 3 aromatic rings. The second-order valence-electron chi connectivity index (χ2n) is 9.59. The van der Waals surface area contributed by atoms with Crippen molar-refractivity contribution in [1.29, 1.82) is 0 Å². The van der Waals surface area contributed by atoms with Gasteiger partial charge in [0.15, 0.2) is 0 Å². The van der Waals surface area contributed by atoms with E-state index in [1.807, 2.05) is 84.9 Å². The Balaban J connectivity index is 1.67. The molecule has 0 fully saturated rings. The van der Waals surface area contributed by atoms with Crippen molar-refractivity contribution in [2.75, 3.05) is 26.2 Å². The molecule has 3 rings (SSSR count). The van der Waals surface area contributed by atoms with Gasteiger partial charge in [-0.05, 0) is 36.6 Å². The predicted octanol–water partition coefficient (Wildman–Crippen LogP) is 1.68. The summed E-state index contributed by atoms with van der Waals surface area (Å²) >= 11 is 0. The number of rotatable bonds is 16. The lowest BCUT2D eigenvalue weighted by molar-refractivity contribution is -0.135. The topological polar surface area (TPSA) is 166 Å². The SMILES string of the molecule is NCCN(CCN)C(=O)C[C@H](N)C(=O)N[C@@H](CCc1ccccc1)C(=O)NCc1ccccc1Oc1ccccc1. The zero-order valence-electron chi connectivity index (χ0n) is 23.2. The van der Waals surface area contributed by atoms with Crippen molar-refractivity contribution in [3.63, 3.8) is 0 Å². The van der Waals surface area contributed by atoms with Crippen LogP contribution in [0.25, 0.3) is 0 Å². The molecule has 218 valence electrons. The summed E-state index contributed by atoms with van der Waals surface area (Å²) in [5.41, 5.74) is 19.1. The van der Waals surface area contributed by atoms with Crippen molar-refractivity contribution >= 4 is 17.7 Å². The molecule has 0 spiro atoms. The number of aryl methyl sites for hydroxylation is 1. The summed E-state index contributed by atoms with van der Waals surface area (Å²) in [6.07, 6.45) is 0.682. The van der Waals surface area contributed by atoms with Gasteiger partial charge in [-0.1, -0.05) is 66.7 Å². The monoisotopic (exact) mass is 560 g/mol. The number of nitrogens with zero attached hydrogens (tertiary/aromatic N) is 1. The maximum Gasteiger partial charge on any atom is 0.242 e. The van der Waals surface area contributed by atoms with Gasteiger partial charge in [-0.3, -0.25) is 14.4 Å². The third kappa shape index (κ3) is 10.3. The largest absolute Gasteiger partial charge is 0.457 e. The number of ether oxygens (including phenoxy) is 1. The maximum absolute atomic E-state index is 13.4. The smallest absolute Gasteiger partial charge is 0.242 e. The van der Waals surface area contributed by atoms with Crippen molar-refractivity contribution in [2.24, 2.45) is 17.2 Å². The van der Waals surface area contributed by atoms with E-state index in [4.69, 9.17) is 21.9 Å². The van der Waals surface area contributed by atoms with E-state index >= 15 is 0 Å². The molecule has 41 heavy (non-hydrogen) atoms. The lowest BCUT2D eigenvalue weighted by Crippen LogP contribution is -2.53. The van der Waals surface area contributed by atoms with Crippen LogP contribution in [-0.4, -0.2) is 60.9 Å². The molecule has 0 aliphatic heterocycles. The lowest BCUT2D eigenvalue weighted by atomic mass is 10.0. The molecule has 0 aliphatic carbocycles. The molecule has 0 unspecified atom stereocenters. The van der Waals surface area contributed by atoms with Crippen LogP contribution in [0, 0.1) is 0 Å². The number of hydrogen-bond acceptors (Lipinski definition) is 7. The Morgan fingerprint density at radius 1 is 0.805 bits per heavy atom. The van der Waals surface area contributed by atoms with Crippen LogP contribution in [0.15, 0.2) is 84.9 Å². The van der Waals surface area contributed by atoms with Crippen molar-refractivity contribution in [2.45, 2.75) is 37.9 Å². The van der Waals surface area contributed by atoms with Crippen LogP contribution < -0.4 is 32.6 Å². The quantitative estimate of drug-likeness (QED) is 0.178. The maximum atomic E-state index is 13.4. The fraction of sp³-hybridized carbons (Fsp3) is 0.323. The highest BCUT2D eigenvalue weighted by atomic mass is 16.5. The molecule has 0 saturated heterocycles. The van der Waals surface area contributed by atoms with E-state index in [9.17, 15) is 14.4 Å². The Morgan fingerprint density at radius 3 is 2.07 bits per heavy atom. The fourth-order valence-electron chi connectivity index (χ4n) is 4.26. The number of nitrogens with two attached hydrogens (primary N) is 3. The number of carbonyl (C=O) groups excluding carboxylic acids is 3. The third-order valence-electron chi connectivity index (χ3n) is 6.48. The van der Waals surface area contributed by atoms with Crippen LogP contribution in [-0.2, 0) is 27.3 Å². The highest BCUT2D eigenvalue weighted by molar-refractivity contribution is 5.92. The average molecular weight is 561 g/mol. The molecule has 3 aromatic carbocycles. The Bertz CT molecular complexity index is 1240. The van der Waals surface area contributed by atoms with Crippen LogP contribution in [0.3, 0.4) is 0 Å². The fourth-order valence-corrected chi connectivity index (χ4v) is 4.26. The molecule has 2 atom stereocenters. The van der Waals surface area contributed by atoms with E-state index in [-0.39, 0.29) is 37.9 Å². The van der Waals surface area contributed by atoms with E-state index in [0.717, 1.165) is 11.1 Å². The number of hydrogen-bond donors (Lipinski definition) is 5. The van der Waals surface area contributed by atoms with E-state index in [1.165, 1.54) is 4.90 Å². The van der Waals surface area contributed by atoms with Gasteiger partial charge in [-0.25, -0.2) is 0 Å². The van der Waals surface area contributed by atoms with Gasteiger partial charge in [-0.15, -0.1) is 0 Å². The van der Waals surface area contributed by atoms with Gasteiger partial charge in [0.05, 0.1) is 12.5 Å². The highest BCUT2D eigenvalue weighted by Gasteiger charge is 2.26. The highest BCUT2D eigenvalue weighted by Crippen LogP contribution is 2.25. The number of nitrogens with one attached hydrogen (secondary N) is 2. The molecule has 8 N–H and O–H groups in total. The Labute approximate surface area is 241 Å². The van der Waals surface area contributed by atoms with Crippen LogP contribution in [0.1, 0.15) is 24.0 Å². The number of para-hydroxylation sites is 2. The van der Waals surface area contributed by atoms with Crippen molar-refractivity contribution < 1.29 is 19.1 Å². The van der Waals surface area contributed by atoms with Gasteiger partial charge in [0.25, 0.3) is 0 Å². The molecule has 3 amide bonds. The van der Waals surface area contributed by atoms with E-state index in [0.29, 0.717) is 37.4 Å². The Kier molecular flexibility index (Phi) is 12.8. The lowest BCUT2D eigenvalue weighted by Gasteiger charge is -2.24. The summed E-state index contributed by atoms with van der Waals surface area (Å²) in [4.78, 5) is 40.5. The molecule has 10 nitrogen and oxygen atoms in total. The molecule has 0 saturated carbocycles. The average Bonchev–Trinajstić information content (AvgIpc) is 2.99. The molecule has 0 aliphatic rings. The standard InChI is InChI=1S/C31H40N6O4/c32-17-19-37(20-18-33)29(38)21-26(34)30(39)36-27(16-15-23-9-3-1-4-10-23)31(40)35-22-24-11-7-8-14-28(24)41-25-12-5-2-6-13-25/h1-14,26-27H,15-22,32-34H2,(H,35,40)(H,36,39)/t26-,27-/m0/s1. The number of benzene rings is 3. The first-order valence-corrected chi connectivity index (χ1v) is 13.8. The minimum Gasteiger partial charge on any atom is -0.457 e. The zero-order chi connectivity index (χ0) is 29.5. The summed E-state index contributed by atoms with van der Waals surface area (Å²) in [7, 11) is 0. The van der Waals surface area contributed by atoms with Gasteiger partial charge >= 0.3 is 0 Å². The van der Waals surface area contributed by atoms with Gasteiger partial charge in [0.1, 0.15) is 17.5 Å². The molecule has 0 radical (unpaired) electrons. The van der Waals surface area contributed by atoms with Crippen LogP contribution in [0.2, 0.25) is 0 Å². The van der Waals surface area contributed by atoms with Gasteiger partial charge in [0, 0.05) is 38.3 Å². The summed E-state index contributed by atoms with van der Waals surface area (Å²) < 4.78 is 6.01. The first-order chi connectivity index (χ1) is 19.9. The van der Waals surface area contributed by atoms with Crippen LogP contribution >= 0.6 is 0 Å². The predicted molar refractivity (Wildman–Crippen MR) is 159 cm³/mol. The van der Waals surface area contributed by atoms with Crippen LogP contribution in [0.4, 0.5) is 0 Å². The summed E-state index contributed by atoms with van der Waals surface area (Å²) in [6.45, 7) is 1.38. The summed E-state index contributed by atoms with van der Waals surface area (Å²) in [5, 5.41) is 5.68. The minimum absolute atomic E-state index is 0.192. The minimum atomic E-state index is -1.13. The molecule has 10 heteroatoms. The molecule has 0 heterocycles. The first-order valence-electron chi connectivity index (χ1n) is 13.8. The van der Waals surface area contributed by atoms with Crippen molar-refractivity contribution in [1.82, 2.24) is 15.5 Å². The zero-order valence-corrected chi connectivity index (χ0v) is 23.2. The van der Waals surface area contributed by atoms with E-state index in [2.05, 4.69) is 10.6 Å². The first kappa shape index (κ1) is 31.3. The third-order valence-corrected chi connectivity index (χ3v) is 6.48. The van der Waals surface area contributed by atoms with Gasteiger partial charge in [0.2, 0.25) is 17.7 Å². The van der Waals surface area contributed by atoms with E-state index in [1.54, 1.807) is 0 Å². The number of carbonyl (C=O) groups is 3. The normalized spacial score (nSPS) is 12.2. The van der Waals surface area contributed by atoms with Crippen LogP contribution in [0.5, 0.6) is 11.5 Å². The molecular weight excluding hydrogens is 520 g/mol. The summed E-state index contributed by atoms with van der Waals surface area (Å²) in [5.74, 6) is 0.0297. The van der Waals surface area contributed by atoms with E-state index < -0.39 is 18.0 Å². The Morgan fingerprint density at radius 2 is 1.41 bits per heavy atom. The molecule has 0 bridgehead atoms. The Hall–Kier alpha value is -4.25.